The molecule has 0 heteroatoms. The maximum atomic E-state index is 4.66. The first-order chi connectivity index (χ1) is 11.3. The molecule has 0 spiro atoms. The number of allylic oxidation sites excluding steroid dienone is 7. The summed E-state index contributed by atoms with van der Waals surface area (Å²) >= 11 is 0. The highest BCUT2D eigenvalue weighted by Gasteiger charge is 2.33. The van der Waals surface area contributed by atoms with Crippen LogP contribution in [0.5, 0.6) is 0 Å². The highest BCUT2D eigenvalue weighted by atomic mass is 14.4. The van der Waals surface area contributed by atoms with E-state index < -0.39 is 0 Å². The molecule has 23 heavy (non-hydrogen) atoms. The zero-order chi connectivity index (χ0) is 15.6. The standard InChI is InChI=1S/C23H32/c1-17-22(18-10-4-2-5-11-18)16-20-14-8-9-15-21(20)23(17)19-12-6-3-7-13-19/h9,15-16,18-20H,1-8,10-14H2. The van der Waals surface area contributed by atoms with E-state index >= 15 is 0 Å². The van der Waals surface area contributed by atoms with Crippen molar-refractivity contribution in [1.82, 2.24) is 0 Å². The van der Waals surface area contributed by atoms with Gasteiger partial charge in [0.2, 0.25) is 0 Å². The predicted octanol–water partition coefficient (Wildman–Crippen LogP) is 6.91. The molecule has 0 aromatic rings. The minimum Gasteiger partial charge on any atom is -0.0912 e. The highest BCUT2D eigenvalue weighted by Crippen LogP contribution is 2.48. The van der Waals surface area contributed by atoms with E-state index in [1.165, 1.54) is 82.6 Å². The van der Waals surface area contributed by atoms with Crippen molar-refractivity contribution in [3.05, 3.63) is 47.1 Å². The summed E-state index contributed by atoms with van der Waals surface area (Å²) in [7, 11) is 0. The van der Waals surface area contributed by atoms with Gasteiger partial charge >= 0.3 is 0 Å². The lowest BCUT2D eigenvalue weighted by Gasteiger charge is -2.38. The Morgan fingerprint density at radius 1 is 0.783 bits per heavy atom. The maximum Gasteiger partial charge on any atom is 0.00299 e. The van der Waals surface area contributed by atoms with E-state index in [4.69, 9.17) is 0 Å². The minimum absolute atomic E-state index is 0.694. The number of hydrogen-bond donors (Lipinski definition) is 0. The fourth-order valence-corrected chi connectivity index (χ4v) is 5.54. The van der Waals surface area contributed by atoms with Crippen molar-refractivity contribution >= 4 is 0 Å². The Labute approximate surface area is 142 Å². The lowest BCUT2D eigenvalue weighted by Crippen LogP contribution is -2.24. The summed E-state index contributed by atoms with van der Waals surface area (Å²) in [5.74, 6) is 2.30. The second kappa shape index (κ2) is 6.83. The molecule has 2 saturated carbocycles. The fourth-order valence-electron chi connectivity index (χ4n) is 5.54. The normalized spacial score (nSPS) is 30.3. The number of hydrogen-bond acceptors (Lipinski definition) is 0. The number of rotatable bonds is 2. The average molecular weight is 309 g/mol. The van der Waals surface area contributed by atoms with E-state index in [0.717, 1.165) is 11.8 Å². The van der Waals surface area contributed by atoms with Crippen LogP contribution in [0.2, 0.25) is 0 Å². The molecule has 0 aromatic carbocycles. The summed E-state index contributed by atoms with van der Waals surface area (Å²) in [6, 6.07) is 0. The Balaban J connectivity index is 1.68. The average Bonchev–Trinajstić information content (AvgIpc) is 2.63. The Kier molecular flexibility index (Phi) is 4.60. The molecule has 2 fully saturated rings. The summed E-state index contributed by atoms with van der Waals surface area (Å²) in [5.41, 5.74) is 6.44. The van der Waals surface area contributed by atoms with Gasteiger partial charge in [0.15, 0.2) is 0 Å². The summed E-state index contributed by atoms with van der Waals surface area (Å²) in [4.78, 5) is 0. The molecule has 0 saturated heterocycles. The Morgan fingerprint density at radius 2 is 1.43 bits per heavy atom. The fraction of sp³-hybridized carbons (Fsp3) is 0.652. The molecule has 0 heterocycles. The molecule has 0 aliphatic heterocycles. The molecule has 1 unspecified atom stereocenters. The third-order valence-corrected chi connectivity index (χ3v) is 6.76. The van der Waals surface area contributed by atoms with Gasteiger partial charge < -0.3 is 0 Å². The monoisotopic (exact) mass is 308 g/mol. The van der Waals surface area contributed by atoms with Crippen LogP contribution in [0.1, 0.15) is 77.0 Å². The zero-order valence-electron chi connectivity index (χ0n) is 14.7. The molecule has 124 valence electrons. The van der Waals surface area contributed by atoms with Crippen LogP contribution in [0.3, 0.4) is 0 Å². The second-order valence-electron chi connectivity index (χ2n) is 8.23. The van der Waals surface area contributed by atoms with Gasteiger partial charge in [-0.15, -0.1) is 0 Å². The Bertz CT molecular complexity index is 545. The number of fused-ring (bicyclic) bond motifs is 1. The van der Waals surface area contributed by atoms with Crippen molar-refractivity contribution in [3.8, 4) is 0 Å². The summed E-state index contributed by atoms with van der Waals surface area (Å²) < 4.78 is 0. The largest absolute Gasteiger partial charge is 0.0912 e. The molecule has 0 radical (unpaired) electrons. The van der Waals surface area contributed by atoms with Crippen molar-refractivity contribution in [1.29, 1.82) is 0 Å². The van der Waals surface area contributed by atoms with Crippen LogP contribution in [-0.4, -0.2) is 0 Å². The van der Waals surface area contributed by atoms with Crippen LogP contribution in [-0.2, 0) is 0 Å². The van der Waals surface area contributed by atoms with E-state index in [2.05, 4.69) is 24.8 Å². The Morgan fingerprint density at radius 3 is 2.13 bits per heavy atom. The molecule has 0 amide bonds. The van der Waals surface area contributed by atoms with Gasteiger partial charge in [-0.1, -0.05) is 63.3 Å². The van der Waals surface area contributed by atoms with Gasteiger partial charge in [-0.05, 0) is 72.7 Å². The molecule has 1 atom stereocenters. The highest BCUT2D eigenvalue weighted by molar-refractivity contribution is 5.57. The Hall–Kier alpha value is -1.04. The van der Waals surface area contributed by atoms with Gasteiger partial charge in [0.05, 0.1) is 0 Å². The SMILES string of the molecule is C=C1C(C2CCCCC2)=CC2CCC=CC2=C1C1CCCCC1. The second-order valence-corrected chi connectivity index (χ2v) is 8.23. The third kappa shape index (κ3) is 3.02. The quantitative estimate of drug-likeness (QED) is 0.520. The van der Waals surface area contributed by atoms with E-state index in [-0.39, 0.29) is 0 Å². The lowest BCUT2D eigenvalue weighted by atomic mass is 9.66. The smallest absolute Gasteiger partial charge is 0.00299 e. The van der Waals surface area contributed by atoms with Crippen LogP contribution in [0, 0.1) is 17.8 Å². The van der Waals surface area contributed by atoms with E-state index in [1.54, 1.807) is 16.7 Å². The summed E-state index contributed by atoms with van der Waals surface area (Å²) in [5, 5.41) is 0. The van der Waals surface area contributed by atoms with Crippen molar-refractivity contribution in [2.45, 2.75) is 77.0 Å². The van der Waals surface area contributed by atoms with Crippen molar-refractivity contribution < 1.29 is 0 Å². The summed E-state index contributed by atoms with van der Waals surface area (Å²) in [6.45, 7) is 4.66. The molecule has 4 aliphatic carbocycles. The minimum atomic E-state index is 0.694. The molecular formula is C23H32. The topological polar surface area (TPSA) is 0 Å². The predicted molar refractivity (Wildman–Crippen MR) is 99.3 cm³/mol. The van der Waals surface area contributed by atoms with Gasteiger partial charge in [-0.2, -0.15) is 0 Å². The first-order valence-corrected chi connectivity index (χ1v) is 10.2. The van der Waals surface area contributed by atoms with Crippen molar-refractivity contribution in [2.24, 2.45) is 17.8 Å². The summed E-state index contributed by atoms with van der Waals surface area (Å²) in [6.07, 6.45) is 24.3. The van der Waals surface area contributed by atoms with E-state index in [9.17, 15) is 0 Å². The molecule has 4 aliphatic rings. The first kappa shape index (κ1) is 15.5. The molecule has 0 nitrogen and oxygen atoms in total. The van der Waals surface area contributed by atoms with E-state index in [1.807, 2.05) is 0 Å². The lowest BCUT2D eigenvalue weighted by molar-refractivity contribution is 0.385. The van der Waals surface area contributed by atoms with Crippen LogP contribution in [0.15, 0.2) is 47.1 Å². The molecule has 0 bridgehead atoms. The molecule has 0 N–H and O–H groups in total. The van der Waals surface area contributed by atoms with Crippen LogP contribution in [0.25, 0.3) is 0 Å². The van der Waals surface area contributed by atoms with Gasteiger partial charge in [0, 0.05) is 5.92 Å². The molecular weight excluding hydrogens is 276 g/mol. The van der Waals surface area contributed by atoms with Crippen LogP contribution >= 0.6 is 0 Å². The van der Waals surface area contributed by atoms with Gasteiger partial charge in [-0.25, -0.2) is 0 Å². The first-order valence-electron chi connectivity index (χ1n) is 10.2. The third-order valence-electron chi connectivity index (χ3n) is 6.76. The molecule has 4 rings (SSSR count). The van der Waals surface area contributed by atoms with Gasteiger partial charge in [0.1, 0.15) is 0 Å². The van der Waals surface area contributed by atoms with E-state index in [0.29, 0.717) is 5.92 Å². The molecule has 0 aromatic heterocycles. The van der Waals surface area contributed by atoms with Crippen LogP contribution in [0.4, 0.5) is 0 Å². The zero-order valence-corrected chi connectivity index (χ0v) is 14.7. The van der Waals surface area contributed by atoms with Crippen molar-refractivity contribution in [2.75, 3.05) is 0 Å². The maximum absolute atomic E-state index is 4.66. The van der Waals surface area contributed by atoms with Gasteiger partial charge in [0.25, 0.3) is 0 Å². The van der Waals surface area contributed by atoms with Crippen LogP contribution < -0.4 is 0 Å². The van der Waals surface area contributed by atoms with Crippen molar-refractivity contribution in [3.63, 3.8) is 0 Å². The van der Waals surface area contributed by atoms with Gasteiger partial charge in [-0.3, -0.25) is 0 Å².